The van der Waals surface area contributed by atoms with E-state index in [4.69, 9.17) is 0 Å². The minimum atomic E-state index is 1.06. The number of halogens is 1. The predicted molar refractivity (Wildman–Crippen MR) is 54.9 cm³/mol. The molecule has 0 spiro atoms. The maximum Gasteiger partial charge on any atom is 0.0549 e. The summed E-state index contributed by atoms with van der Waals surface area (Å²) in [6.45, 7) is 0. The fourth-order valence-electron chi connectivity index (χ4n) is 0.714. The van der Waals surface area contributed by atoms with Crippen molar-refractivity contribution in [3.63, 3.8) is 0 Å². The van der Waals surface area contributed by atoms with Crippen LogP contribution < -0.4 is 0 Å². The summed E-state index contributed by atoms with van der Waals surface area (Å²) in [7, 11) is 5.38. The SMILES string of the molecule is [CH2]N(C)N=Cc1ccc(Br)cc1. The third kappa shape index (κ3) is 3.05. The van der Waals surface area contributed by atoms with Crippen molar-refractivity contribution in [3.05, 3.63) is 41.3 Å². The van der Waals surface area contributed by atoms with Crippen LogP contribution in [0.3, 0.4) is 0 Å². The van der Waals surface area contributed by atoms with Crippen LogP contribution in [0.1, 0.15) is 5.56 Å². The monoisotopic (exact) mass is 225 g/mol. The van der Waals surface area contributed by atoms with Crippen molar-refractivity contribution in [1.29, 1.82) is 0 Å². The average molecular weight is 226 g/mol. The standard InChI is InChI=1S/C9H10BrN2/c1-12(2)11-7-8-3-5-9(10)6-4-8/h3-7H,1H2,2H3. The zero-order valence-corrected chi connectivity index (χ0v) is 8.45. The Labute approximate surface area is 81.0 Å². The molecule has 63 valence electrons. The lowest BCUT2D eigenvalue weighted by Crippen LogP contribution is -1.98. The molecule has 0 saturated carbocycles. The molecule has 1 aromatic carbocycles. The minimum absolute atomic E-state index is 1.06. The molecule has 0 N–H and O–H groups in total. The molecule has 0 amide bonds. The van der Waals surface area contributed by atoms with Gasteiger partial charge < -0.3 is 0 Å². The molecule has 0 atom stereocenters. The van der Waals surface area contributed by atoms with Gasteiger partial charge in [0.25, 0.3) is 0 Å². The maximum absolute atomic E-state index is 4.01. The molecule has 1 aromatic rings. The van der Waals surface area contributed by atoms with Gasteiger partial charge in [-0.15, -0.1) is 0 Å². The highest BCUT2D eigenvalue weighted by Gasteiger charge is 1.87. The maximum atomic E-state index is 4.01. The first kappa shape index (κ1) is 9.26. The van der Waals surface area contributed by atoms with Crippen LogP contribution in [0.5, 0.6) is 0 Å². The first-order valence-corrected chi connectivity index (χ1v) is 4.31. The van der Waals surface area contributed by atoms with Crippen LogP contribution >= 0.6 is 15.9 Å². The van der Waals surface area contributed by atoms with Crippen LogP contribution in [0.15, 0.2) is 33.8 Å². The molecule has 0 heterocycles. The van der Waals surface area contributed by atoms with Crippen LogP contribution in [0.4, 0.5) is 0 Å². The molecular weight excluding hydrogens is 216 g/mol. The molecule has 12 heavy (non-hydrogen) atoms. The van der Waals surface area contributed by atoms with Crippen LogP contribution in [-0.2, 0) is 0 Å². The second kappa shape index (κ2) is 4.26. The van der Waals surface area contributed by atoms with Gasteiger partial charge in [-0.25, -0.2) is 0 Å². The number of nitrogens with zero attached hydrogens (tertiary/aromatic N) is 2. The molecule has 0 aliphatic carbocycles. The molecule has 0 bridgehead atoms. The molecule has 1 rings (SSSR count). The van der Waals surface area contributed by atoms with Gasteiger partial charge >= 0.3 is 0 Å². The first-order chi connectivity index (χ1) is 5.68. The molecule has 0 saturated heterocycles. The Morgan fingerprint density at radius 3 is 2.50 bits per heavy atom. The zero-order valence-electron chi connectivity index (χ0n) is 6.87. The fourth-order valence-corrected chi connectivity index (χ4v) is 0.978. The molecular formula is C9H10BrN2. The number of rotatable bonds is 2. The fraction of sp³-hybridized carbons (Fsp3) is 0.111. The van der Waals surface area contributed by atoms with Crippen LogP contribution in [0.2, 0.25) is 0 Å². The summed E-state index contributed by atoms with van der Waals surface area (Å²) in [6, 6.07) is 7.92. The molecule has 0 aliphatic rings. The summed E-state index contributed by atoms with van der Waals surface area (Å²) in [5.41, 5.74) is 1.06. The largest absolute Gasteiger partial charge is 0.298 e. The lowest BCUT2D eigenvalue weighted by Gasteiger charge is -2.01. The van der Waals surface area contributed by atoms with Gasteiger partial charge in [0, 0.05) is 11.5 Å². The summed E-state index contributed by atoms with van der Waals surface area (Å²) >= 11 is 3.36. The average Bonchev–Trinajstić information content (AvgIpc) is 2.03. The van der Waals surface area contributed by atoms with Gasteiger partial charge in [-0.2, -0.15) is 5.10 Å². The Morgan fingerprint density at radius 1 is 1.42 bits per heavy atom. The van der Waals surface area contributed by atoms with Crippen molar-refractivity contribution in [2.45, 2.75) is 0 Å². The van der Waals surface area contributed by atoms with Gasteiger partial charge in [0.1, 0.15) is 0 Å². The number of benzene rings is 1. The third-order valence-corrected chi connectivity index (χ3v) is 1.80. The summed E-state index contributed by atoms with van der Waals surface area (Å²) in [6.07, 6.45) is 1.76. The van der Waals surface area contributed by atoms with E-state index in [9.17, 15) is 0 Å². The van der Waals surface area contributed by atoms with Crippen LogP contribution in [0.25, 0.3) is 0 Å². The van der Waals surface area contributed by atoms with Gasteiger partial charge in [-0.05, 0) is 17.7 Å². The van der Waals surface area contributed by atoms with Crippen LogP contribution in [-0.4, -0.2) is 18.3 Å². The van der Waals surface area contributed by atoms with Gasteiger partial charge in [-0.1, -0.05) is 28.1 Å². The highest BCUT2D eigenvalue weighted by atomic mass is 79.9. The number of hydrogen-bond donors (Lipinski definition) is 0. The van der Waals surface area contributed by atoms with Gasteiger partial charge in [0.2, 0.25) is 0 Å². The van der Waals surface area contributed by atoms with E-state index >= 15 is 0 Å². The predicted octanol–water partition coefficient (Wildman–Crippen LogP) is 2.51. The summed E-state index contributed by atoms with van der Waals surface area (Å²) in [4.78, 5) is 0. The van der Waals surface area contributed by atoms with Crippen molar-refractivity contribution < 1.29 is 0 Å². The smallest absolute Gasteiger partial charge is 0.0549 e. The quantitative estimate of drug-likeness (QED) is 0.558. The number of hydrazone groups is 1. The van der Waals surface area contributed by atoms with Gasteiger partial charge in [-0.3, -0.25) is 5.01 Å². The normalized spacial score (nSPS) is 10.6. The van der Waals surface area contributed by atoms with Gasteiger partial charge in [0.15, 0.2) is 0 Å². The topological polar surface area (TPSA) is 15.6 Å². The van der Waals surface area contributed by atoms with Crippen molar-refractivity contribution in [1.82, 2.24) is 5.01 Å². The molecule has 0 aliphatic heterocycles. The summed E-state index contributed by atoms with van der Waals surface area (Å²) in [5, 5.41) is 5.52. The first-order valence-electron chi connectivity index (χ1n) is 3.52. The highest BCUT2D eigenvalue weighted by molar-refractivity contribution is 9.10. The van der Waals surface area contributed by atoms with Gasteiger partial charge in [0.05, 0.1) is 13.3 Å². The minimum Gasteiger partial charge on any atom is -0.298 e. The lowest BCUT2D eigenvalue weighted by molar-refractivity contribution is 0.487. The third-order valence-electron chi connectivity index (χ3n) is 1.27. The van der Waals surface area contributed by atoms with Crippen molar-refractivity contribution in [3.8, 4) is 0 Å². The van der Waals surface area contributed by atoms with Crippen molar-refractivity contribution in [2.24, 2.45) is 5.10 Å². The summed E-state index contributed by atoms with van der Waals surface area (Å²) < 4.78 is 1.07. The number of hydrogen-bond acceptors (Lipinski definition) is 2. The van der Waals surface area contributed by atoms with E-state index in [-0.39, 0.29) is 0 Å². The van der Waals surface area contributed by atoms with Crippen LogP contribution in [0, 0.1) is 7.05 Å². The Kier molecular flexibility index (Phi) is 3.29. The Bertz CT molecular complexity index is 264. The Balaban J connectivity index is 2.71. The summed E-state index contributed by atoms with van der Waals surface area (Å²) in [5.74, 6) is 0. The van der Waals surface area contributed by atoms with E-state index < -0.39 is 0 Å². The Hall–Kier alpha value is -0.830. The van der Waals surface area contributed by atoms with E-state index in [0.29, 0.717) is 0 Å². The second-order valence-corrected chi connectivity index (χ2v) is 3.37. The molecule has 0 unspecified atom stereocenters. The van der Waals surface area contributed by atoms with E-state index in [1.54, 1.807) is 13.3 Å². The van der Waals surface area contributed by atoms with E-state index in [1.165, 1.54) is 5.01 Å². The molecule has 0 fully saturated rings. The Morgan fingerprint density at radius 2 is 2.00 bits per heavy atom. The lowest BCUT2D eigenvalue weighted by atomic mass is 10.2. The van der Waals surface area contributed by atoms with Crippen molar-refractivity contribution in [2.75, 3.05) is 7.05 Å². The van der Waals surface area contributed by atoms with E-state index in [2.05, 4.69) is 28.1 Å². The highest BCUT2D eigenvalue weighted by Crippen LogP contribution is 2.08. The zero-order chi connectivity index (χ0) is 8.97. The van der Waals surface area contributed by atoms with Crippen molar-refractivity contribution >= 4 is 22.1 Å². The van der Waals surface area contributed by atoms with E-state index in [1.807, 2.05) is 24.3 Å². The second-order valence-electron chi connectivity index (χ2n) is 2.45. The molecule has 3 heteroatoms. The molecule has 1 radical (unpaired) electrons. The van der Waals surface area contributed by atoms with E-state index in [0.717, 1.165) is 10.0 Å². The molecule has 2 nitrogen and oxygen atoms in total. The molecule has 0 aromatic heterocycles.